The van der Waals surface area contributed by atoms with Crippen LogP contribution in [0.15, 0.2) is 11.4 Å². The Kier molecular flexibility index (Phi) is 3.84. The van der Waals surface area contributed by atoms with E-state index in [4.69, 9.17) is 0 Å². The van der Waals surface area contributed by atoms with Gasteiger partial charge in [0.25, 0.3) is 0 Å². The fourth-order valence-electron chi connectivity index (χ4n) is 2.24. The quantitative estimate of drug-likeness (QED) is 0.866. The normalized spacial score (nSPS) is 25.1. The summed E-state index contributed by atoms with van der Waals surface area (Å²) in [6.45, 7) is 7.22. The zero-order valence-electron chi connectivity index (χ0n) is 10.6. The summed E-state index contributed by atoms with van der Waals surface area (Å²) in [6.07, 6.45) is 0.905. The van der Waals surface area contributed by atoms with Crippen LogP contribution in [-0.4, -0.2) is 18.5 Å². The largest absolute Gasteiger partial charge is 0.346 e. The highest BCUT2D eigenvalue weighted by Gasteiger charge is 2.29. The maximum absolute atomic E-state index is 12.0. The first-order chi connectivity index (χ1) is 8.08. The molecule has 17 heavy (non-hydrogen) atoms. The van der Waals surface area contributed by atoms with E-state index in [-0.39, 0.29) is 18.0 Å². The van der Waals surface area contributed by atoms with E-state index < -0.39 is 0 Å². The standard InChI is InChI=1S/C13H20N2OS/c1-8(2)6-10-13(16)15-11(7-14-10)12-9(3)4-5-17-12/h4-5,8,10-11,14H,6-7H2,1-3H3,(H,15,16)/t10-,11+/m0/s1. The molecule has 1 aliphatic heterocycles. The molecule has 0 radical (unpaired) electrons. The molecule has 94 valence electrons. The minimum atomic E-state index is -0.0217. The van der Waals surface area contributed by atoms with Crippen molar-refractivity contribution in [1.29, 1.82) is 0 Å². The molecule has 2 N–H and O–H groups in total. The van der Waals surface area contributed by atoms with Crippen LogP contribution in [-0.2, 0) is 4.79 Å². The van der Waals surface area contributed by atoms with E-state index in [1.165, 1.54) is 10.4 Å². The van der Waals surface area contributed by atoms with Gasteiger partial charge < -0.3 is 10.6 Å². The van der Waals surface area contributed by atoms with Gasteiger partial charge in [0, 0.05) is 11.4 Å². The van der Waals surface area contributed by atoms with Crippen molar-refractivity contribution < 1.29 is 4.79 Å². The van der Waals surface area contributed by atoms with E-state index in [0.717, 1.165) is 13.0 Å². The molecular weight excluding hydrogens is 232 g/mol. The molecule has 2 rings (SSSR count). The lowest BCUT2D eigenvalue weighted by molar-refractivity contribution is -0.125. The number of carbonyl (C=O) groups is 1. The number of hydrogen-bond acceptors (Lipinski definition) is 3. The first-order valence-electron chi connectivity index (χ1n) is 6.15. The number of hydrogen-bond donors (Lipinski definition) is 2. The highest BCUT2D eigenvalue weighted by molar-refractivity contribution is 7.10. The lowest BCUT2D eigenvalue weighted by Crippen LogP contribution is -2.54. The van der Waals surface area contributed by atoms with Crippen molar-refractivity contribution >= 4 is 17.2 Å². The van der Waals surface area contributed by atoms with Gasteiger partial charge in [0.2, 0.25) is 5.91 Å². The molecule has 1 aromatic rings. The molecule has 0 aromatic carbocycles. The summed E-state index contributed by atoms with van der Waals surface area (Å²) in [4.78, 5) is 13.2. The van der Waals surface area contributed by atoms with Gasteiger partial charge >= 0.3 is 0 Å². The smallest absolute Gasteiger partial charge is 0.237 e. The van der Waals surface area contributed by atoms with E-state index in [1.807, 2.05) is 0 Å². The van der Waals surface area contributed by atoms with Gasteiger partial charge in [-0.05, 0) is 36.3 Å². The monoisotopic (exact) mass is 252 g/mol. The van der Waals surface area contributed by atoms with Gasteiger partial charge in [-0.3, -0.25) is 4.79 Å². The molecule has 1 fully saturated rings. The van der Waals surface area contributed by atoms with Crippen LogP contribution < -0.4 is 10.6 Å². The highest BCUT2D eigenvalue weighted by Crippen LogP contribution is 2.25. The molecule has 1 aliphatic rings. The maximum Gasteiger partial charge on any atom is 0.237 e. The number of nitrogens with one attached hydrogen (secondary N) is 2. The summed E-state index contributed by atoms with van der Waals surface area (Å²) in [6, 6.07) is 2.23. The van der Waals surface area contributed by atoms with Crippen LogP contribution in [0.3, 0.4) is 0 Å². The van der Waals surface area contributed by atoms with Crippen LogP contribution in [0.2, 0.25) is 0 Å². The Labute approximate surface area is 107 Å². The lowest BCUT2D eigenvalue weighted by Gasteiger charge is -2.31. The van der Waals surface area contributed by atoms with Crippen molar-refractivity contribution in [1.82, 2.24) is 10.6 Å². The Bertz CT molecular complexity index is 400. The van der Waals surface area contributed by atoms with Crippen LogP contribution in [0.25, 0.3) is 0 Å². The second kappa shape index (κ2) is 5.19. The lowest BCUT2D eigenvalue weighted by atomic mass is 9.99. The van der Waals surface area contributed by atoms with Crippen LogP contribution in [0.4, 0.5) is 0 Å². The maximum atomic E-state index is 12.0. The van der Waals surface area contributed by atoms with Gasteiger partial charge in [0.1, 0.15) is 0 Å². The summed E-state index contributed by atoms with van der Waals surface area (Å²) in [5.41, 5.74) is 1.27. The fraction of sp³-hybridized carbons (Fsp3) is 0.615. The number of aryl methyl sites for hydroxylation is 1. The molecule has 0 aliphatic carbocycles. The van der Waals surface area contributed by atoms with E-state index in [9.17, 15) is 4.79 Å². The van der Waals surface area contributed by atoms with Crippen LogP contribution in [0, 0.1) is 12.8 Å². The second-order valence-electron chi connectivity index (χ2n) is 5.12. The third kappa shape index (κ3) is 2.87. The zero-order chi connectivity index (χ0) is 12.4. The third-order valence-electron chi connectivity index (χ3n) is 3.13. The minimum Gasteiger partial charge on any atom is -0.346 e. The summed E-state index contributed by atoms with van der Waals surface area (Å²) >= 11 is 1.72. The van der Waals surface area contributed by atoms with E-state index in [1.54, 1.807) is 11.3 Å². The number of amides is 1. The average Bonchev–Trinajstić information content (AvgIpc) is 2.67. The van der Waals surface area contributed by atoms with Crippen LogP contribution >= 0.6 is 11.3 Å². The SMILES string of the molecule is Cc1ccsc1[C@H]1CN[C@@H](CC(C)C)C(=O)N1. The second-order valence-corrected chi connectivity index (χ2v) is 6.07. The van der Waals surface area contributed by atoms with Crippen LogP contribution in [0.5, 0.6) is 0 Å². The predicted molar refractivity (Wildman–Crippen MR) is 71.2 cm³/mol. The molecule has 1 amide bonds. The molecule has 0 bridgehead atoms. The van der Waals surface area contributed by atoms with Gasteiger partial charge in [-0.15, -0.1) is 11.3 Å². The molecule has 3 nitrogen and oxygen atoms in total. The predicted octanol–water partition coefficient (Wildman–Crippen LogP) is 2.23. The van der Waals surface area contributed by atoms with Crippen molar-refractivity contribution in [2.24, 2.45) is 5.92 Å². The Morgan fingerprint density at radius 3 is 2.82 bits per heavy atom. The fourth-order valence-corrected chi connectivity index (χ4v) is 3.22. The van der Waals surface area contributed by atoms with Gasteiger partial charge in [-0.1, -0.05) is 13.8 Å². The Balaban J connectivity index is 2.00. The summed E-state index contributed by atoms with van der Waals surface area (Å²) < 4.78 is 0. The molecule has 0 spiro atoms. The van der Waals surface area contributed by atoms with E-state index in [2.05, 4.69) is 42.9 Å². The van der Waals surface area contributed by atoms with Gasteiger partial charge in [0.15, 0.2) is 0 Å². The number of piperazine rings is 1. The van der Waals surface area contributed by atoms with Crippen molar-refractivity contribution in [3.63, 3.8) is 0 Å². The van der Waals surface area contributed by atoms with E-state index in [0.29, 0.717) is 5.92 Å². The number of rotatable bonds is 3. The molecule has 1 saturated heterocycles. The Hall–Kier alpha value is -0.870. The molecular formula is C13H20N2OS. The van der Waals surface area contributed by atoms with Crippen molar-refractivity contribution in [3.05, 3.63) is 21.9 Å². The first-order valence-corrected chi connectivity index (χ1v) is 7.03. The van der Waals surface area contributed by atoms with Crippen molar-refractivity contribution in [2.45, 2.75) is 39.3 Å². The first kappa shape index (κ1) is 12.6. The molecule has 2 atom stereocenters. The zero-order valence-corrected chi connectivity index (χ0v) is 11.4. The number of thiophene rings is 1. The Morgan fingerprint density at radius 1 is 1.53 bits per heavy atom. The van der Waals surface area contributed by atoms with Crippen molar-refractivity contribution in [2.75, 3.05) is 6.54 Å². The summed E-state index contributed by atoms with van der Waals surface area (Å²) in [5.74, 6) is 0.682. The molecule has 4 heteroatoms. The van der Waals surface area contributed by atoms with Gasteiger partial charge in [-0.2, -0.15) is 0 Å². The minimum absolute atomic E-state index is 0.0217. The van der Waals surface area contributed by atoms with Crippen LogP contribution in [0.1, 0.15) is 36.8 Å². The third-order valence-corrected chi connectivity index (χ3v) is 4.26. The number of carbonyl (C=O) groups excluding carboxylic acids is 1. The van der Waals surface area contributed by atoms with Gasteiger partial charge in [0.05, 0.1) is 12.1 Å². The summed E-state index contributed by atoms with van der Waals surface area (Å²) in [5, 5.41) is 8.56. The average molecular weight is 252 g/mol. The molecule has 0 saturated carbocycles. The van der Waals surface area contributed by atoms with E-state index >= 15 is 0 Å². The molecule has 2 heterocycles. The molecule has 1 aromatic heterocycles. The topological polar surface area (TPSA) is 41.1 Å². The molecule has 0 unspecified atom stereocenters. The van der Waals surface area contributed by atoms with Crippen molar-refractivity contribution in [3.8, 4) is 0 Å². The summed E-state index contributed by atoms with van der Waals surface area (Å²) in [7, 11) is 0. The highest BCUT2D eigenvalue weighted by atomic mass is 32.1. The Morgan fingerprint density at radius 2 is 2.29 bits per heavy atom. The van der Waals surface area contributed by atoms with Gasteiger partial charge in [-0.25, -0.2) is 0 Å².